The van der Waals surface area contributed by atoms with Gasteiger partial charge in [0.1, 0.15) is 0 Å². The van der Waals surface area contributed by atoms with Crippen LogP contribution in [0.5, 0.6) is 0 Å². The van der Waals surface area contributed by atoms with Crippen LogP contribution in [0, 0.1) is 0 Å². The number of nitrogens with one attached hydrogen (secondary N) is 2. The first-order chi connectivity index (χ1) is 11.5. The lowest BCUT2D eigenvalue weighted by atomic mass is 9.99. The van der Waals surface area contributed by atoms with Crippen molar-refractivity contribution < 1.29 is 9.53 Å². The van der Waals surface area contributed by atoms with E-state index in [9.17, 15) is 4.79 Å². The first-order valence-electron chi connectivity index (χ1n) is 8.08. The highest BCUT2D eigenvalue weighted by Gasteiger charge is 2.29. The zero-order valence-electron chi connectivity index (χ0n) is 14.5. The van der Waals surface area contributed by atoms with Crippen molar-refractivity contribution in [3.05, 3.63) is 41.0 Å². The number of carbonyl (C=O) groups is 1. The van der Waals surface area contributed by atoms with Crippen molar-refractivity contribution in [2.24, 2.45) is 0 Å². The van der Waals surface area contributed by atoms with Crippen LogP contribution in [-0.4, -0.2) is 41.3 Å². The molecular formula is C17H23N5O2. The number of hydrogen-bond donors (Lipinski definition) is 2. The van der Waals surface area contributed by atoms with Crippen molar-refractivity contribution in [1.82, 2.24) is 20.5 Å². The molecule has 2 aromatic rings. The lowest BCUT2D eigenvalue weighted by molar-refractivity contribution is -0.00697. The molecule has 7 heteroatoms. The minimum Gasteiger partial charge on any atom is -0.378 e. The third kappa shape index (κ3) is 3.26. The molecule has 0 fully saturated rings. The summed E-state index contributed by atoms with van der Waals surface area (Å²) < 4.78 is 5.75. The first-order valence-corrected chi connectivity index (χ1v) is 8.08. The van der Waals surface area contributed by atoms with E-state index in [2.05, 4.69) is 20.5 Å². The van der Waals surface area contributed by atoms with Crippen molar-refractivity contribution >= 4 is 11.6 Å². The molecule has 1 aliphatic rings. The van der Waals surface area contributed by atoms with Crippen LogP contribution in [0.4, 0.5) is 5.69 Å². The Labute approximate surface area is 141 Å². The van der Waals surface area contributed by atoms with Gasteiger partial charge < -0.3 is 15.0 Å². The molecule has 0 aromatic carbocycles. The predicted octanol–water partition coefficient (Wildman–Crippen LogP) is 1.82. The SMILES string of the molecule is C[C@@H]1Cc2c(C(=O)NCc3cc(N(C)C)ccn3)n[nH]c2[C@H](C)O1. The van der Waals surface area contributed by atoms with Crippen LogP contribution in [0.1, 0.15) is 47.4 Å². The quantitative estimate of drug-likeness (QED) is 0.894. The van der Waals surface area contributed by atoms with Crippen molar-refractivity contribution in [2.45, 2.75) is 39.0 Å². The largest absolute Gasteiger partial charge is 0.378 e. The van der Waals surface area contributed by atoms with E-state index in [-0.39, 0.29) is 18.1 Å². The molecule has 0 spiro atoms. The van der Waals surface area contributed by atoms with E-state index in [0.29, 0.717) is 18.7 Å². The number of ether oxygens (including phenoxy) is 1. The summed E-state index contributed by atoms with van der Waals surface area (Å²) in [4.78, 5) is 18.8. The van der Waals surface area contributed by atoms with E-state index < -0.39 is 0 Å². The van der Waals surface area contributed by atoms with Gasteiger partial charge >= 0.3 is 0 Å². The minimum absolute atomic E-state index is 0.0729. The number of aromatic amines is 1. The van der Waals surface area contributed by atoms with Crippen LogP contribution in [0.25, 0.3) is 0 Å². The Hall–Kier alpha value is -2.41. The van der Waals surface area contributed by atoms with Crippen LogP contribution in [0.2, 0.25) is 0 Å². The summed E-state index contributed by atoms with van der Waals surface area (Å²) in [6, 6.07) is 3.89. The fourth-order valence-corrected chi connectivity index (χ4v) is 2.96. The summed E-state index contributed by atoms with van der Waals surface area (Å²) in [5, 5.41) is 10.0. The Kier molecular flexibility index (Phi) is 4.53. The maximum Gasteiger partial charge on any atom is 0.272 e. The van der Waals surface area contributed by atoms with Crippen molar-refractivity contribution in [3.8, 4) is 0 Å². The molecule has 0 bridgehead atoms. The second kappa shape index (κ2) is 6.60. The van der Waals surface area contributed by atoms with E-state index in [4.69, 9.17) is 4.74 Å². The van der Waals surface area contributed by atoms with Crippen LogP contribution in [0.15, 0.2) is 18.3 Å². The topological polar surface area (TPSA) is 83.1 Å². The molecule has 0 saturated carbocycles. The molecule has 7 nitrogen and oxygen atoms in total. The maximum atomic E-state index is 12.5. The molecule has 24 heavy (non-hydrogen) atoms. The lowest BCUT2D eigenvalue weighted by Gasteiger charge is -2.25. The first kappa shape index (κ1) is 16.4. The molecule has 3 heterocycles. The fourth-order valence-electron chi connectivity index (χ4n) is 2.96. The zero-order chi connectivity index (χ0) is 17.3. The number of nitrogens with zero attached hydrogens (tertiary/aromatic N) is 3. The van der Waals surface area contributed by atoms with Gasteiger partial charge in [-0.25, -0.2) is 0 Å². The highest BCUT2D eigenvalue weighted by atomic mass is 16.5. The van der Waals surface area contributed by atoms with E-state index in [1.54, 1.807) is 6.20 Å². The third-order valence-corrected chi connectivity index (χ3v) is 4.20. The second-order valence-corrected chi connectivity index (χ2v) is 6.34. The molecule has 2 N–H and O–H groups in total. The monoisotopic (exact) mass is 329 g/mol. The van der Waals surface area contributed by atoms with Gasteiger partial charge in [-0.1, -0.05) is 0 Å². The average Bonchev–Trinajstić information content (AvgIpc) is 2.97. The summed E-state index contributed by atoms with van der Waals surface area (Å²) in [5.74, 6) is -0.189. The molecule has 0 unspecified atom stereocenters. The van der Waals surface area contributed by atoms with Gasteiger partial charge in [0.15, 0.2) is 5.69 Å². The highest BCUT2D eigenvalue weighted by molar-refractivity contribution is 5.94. The van der Waals surface area contributed by atoms with Gasteiger partial charge in [0, 0.05) is 38.0 Å². The lowest BCUT2D eigenvalue weighted by Crippen LogP contribution is -2.27. The highest BCUT2D eigenvalue weighted by Crippen LogP contribution is 2.30. The van der Waals surface area contributed by atoms with E-state index in [0.717, 1.165) is 22.6 Å². The Morgan fingerprint density at radius 2 is 2.25 bits per heavy atom. The maximum absolute atomic E-state index is 12.5. The van der Waals surface area contributed by atoms with Gasteiger partial charge in [0.05, 0.1) is 30.1 Å². The van der Waals surface area contributed by atoms with Gasteiger partial charge in [0.25, 0.3) is 5.91 Å². The summed E-state index contributed by atoms with van der Waals surface area (Å²) in [6.45, 7) is 4.33. The number of fused-ring (bicyclic) bond motifs is 1. The second-order valence-electron chi connectivity index (χ2n) is 6.34. The number of H-pyrrole nitrogens is 1. The summed E-state index contributed by atoms with van der Waals surface area (Å²) in [5.41, 5.74) is 4.16. The Morgan fingerprint density at radius 1 is 1.46 bits per heavy atom. The van der Waals surface area contributed by atoms with Gasteiger partial charge in [-0.15, -0.1) is 0 Å². The smallest absolute Gasteiger partial charge is 0.272 e. The van der Waals surface area contributed by atoms with Gasteiger partial charge in [-0.05, 0) is 26.0 Å². The molecule has 0 radical (unpaired) electrons. The molecule has 0 saturated heterocycles. The number of hydrogen-bond acceptors (Lipinski definition) is 5. The number of pyridine rings is 1. The van der Waals surface area contributed by atoms with Crippen molar-refractivity contribution in [1.29, 1.82) is 0 Å². The van der Waals surface area contributed by atoms with Crippen LogP contribution in [-0.2, 0) is 17.7 Å². The standard InChI is InChI=1S/C17H23N5O2/c1-10-7-14-15(11(2)24-10)20-21-16(14)17(23)19-9-12-8-13(22(3)4)5-6-18-12/h5-6,8,10-11H,7,9H2,1-4H3,(H,19,23)(H,20,21)/t10-,11+/m1/s1. The van der Waals surface area contributed by atoms with Gasteiger partial charge in [-0.3, -0.25) is 14.9 Å². The fraction of sp³-hybridized carbons (Fsp3) is 0.471. The Balaban J connectivity index is 1.71. The van der Waals surface area contributed by atoms with Crippen LogP contribution in [0.3, 0.4) is 0 Å². The average molecular weight is 329 g/mol. The molecule has 0 aliphatic carbocycles. The van der Waals surface area contributed by atoms with Gasteiger partial charge in [0.2, 0.25) is 0 Å². The van der Waals surface area contributed by atoms with Crippen molar-refractivity contribution in [3.63, 3.8) is 0 Å². The molecular weight excluding hydrogens is 306 g/mol. The number of aromatic nitrogens is 3. The minimum atomic E-state index is -0.189. The number of carbonyl (C=O) groups excluding carboxylic acids is 1. The Bertz CT molecular complexity index is 740. The Morgan fingerprint density at radius 3 is 3.00 bits per heavy atom. The van der Waals surface area contributed by atoms with Crippen LogP contribution >= 0.6 is 0 Å². The van der Waals surface area contributed by atoms with E-state index in [1.165, 1.54) is 0 Å². The summed E-state index contributed by atoms with van der Waals surface area (Å²) in [7, 11) is 3.94. The third-order valence-electron chi connectivity index (χ3n) is 4.20. The summed E-state index contributed by atoms with van der Waals surface area (Å²) in [6.07, 6.45) is 2.44. The van der Waals surface area contributed by atoms with E-state index >= 15 is 0 Å². The number of amides is 1. The number of anilines is 1. The van der Waals surface area contributed by atoms with E-state index in [1.807, 2.05) is 45.0 Å². The number of rotatable bonds is 4. The van der Waals surface area contributed by atoms with Gasteiger partial charge in [-0.2, -0.15) is 5.10 Å². The molecule has 2 atom stereocenters. The molecule has 2 aromatic heterocycles. The zero-order valence-corrected chi connectivity index (χ0v) is 14.5. The van der Waals surface area contributed by atoms with Crippen molar-refractivity contribution in [2.75, 3.05) is 19.0 Å². The predicted molar refractivity (Wildman–Crippen MR) is 91.0 cm³/mol. The molecule has 3 rings (SSSR count). The molecule has 128 valence electrons. The molecule has 1 amide bonds. The van der Waals surface area contributed by atoms with Crippen LogP contribution < -0.4 is 10.2 Å². The molecule has 1 aliphatic heterocycles. The normalized spacial score (nSPS) is 19.7. The summed E-state index contributed by atoms with van der Waals surface area (Å²) >= 11 is 0.